The van der Waals surface area contributed by atoms with Crippen LogP contribution in [0.25, 0.3) is 0 Å². The Balaban J connectivity index is 1.93. The number of anilines is 1. The highest BCUT2D eigenvalue weighted by Crippen LogP contribution is 2.18. The third-order valence-electron chi connectivity index (χ3n) is 3.26. The topological polar surface area (TPSA) is 90.5 Å². The van der Waals surface area contributed by atoms with Gasteiger partial charge in [0.15, 0.2) is 0 Å². The molecular formula is C12H18N4O3. The van der Waals surface area contributed by atoms with Gasteiger partial charge in [-0.3, -0.25) is 14.3 Å². The van der Waals surface area contributed by atoms with E-state index in [1.54, 1.807) is 11.1 Å². The number of nitrogen functional groups attached to an aromatic ring is 1. The zero-order valence-electron chi connectivity index (χ0n) is 10.9. The molecule has 1 aliphatic rings. The van der Waals surface area contributed by atoms with Crippen molar-refractivity contribution in [2.45, 2.75) is 19.4 Å². The van der Waals surface area contributed by atoms with Crippen molar-refractivity contribution in [1.29, 1.82) is 0 Å². The molecule has 1 amide bonds. The number of amides is 1. The molecule has 0 bridgehead atoms. The molecule has 1 atom stereocenters. The fraction of sp³-hybridized carbons (Fsp3) is 0.583. The van der Waals surface area contributed by atoms with Gasteiger partial charge in [-0.1, -0.05) is 0 Å². The highest BCUT2D eigenvalue weighted by Gasteiger charge is 2.28. The summed E-state index contributed by atoms with van der Waals surface area (Å²) in [5, 5.41) is 3.97. The number of carbonyl (C=O) groups is 2. The minimum Gasteiger partial charge on any atom is -0.469 e. The summed E-state index contributed by atoms with van der Waals surface area (Å²) < 4.78 is 6.23. The molecule has 1 aromatic rings. The molecule has 0 aliphatic carbocycles. The second-order valence-corrected chi connectivity index (χ2v) is 4.67. The highest BCUT2D eigenvalue weighted by molar-refractivity contribution is 5.78. The number of rotatable bonds is 3. The van der Waals surface area contributed by atoms with E-state index in [-0.39, 0.29) is 24.3 Å². The number of carbonyl (C=O) groups excluding carboxylic acids is 2. The number of nitrogens with zero attached hydrogens (tertiary/aromatic N) is 3. The minimum absolute atomic E-state index is 0.0586. The number of ether oxygens (including phenoxy) is 1. The van der Waals surface area contributed by atoms with Gasteiger partial charge >= 0.3 is 5.97 Å². The van der Waals surface area contributed by atoms with Gasteiger partial charge < -0.3 is 15.4 Å². The largest absolute Gasteiger partial charge is 0.469 e. The SMILES string of the molecule is COC(=O)C1CCCN(C(=O)Cn2cc(N)cn2)C1. The van der Waals surface area contributed by atoms with E-state index in [0.717, 1.165) is 12.8 Å². The maximum Gasteiger partial charge on any atom is 0.310 e. The van der Waals surface area contributed by atoms with Crippen LogP contribution in [-0.4, -0.2) is 46.8 Å². The number of esters is 1. The normalized spacial score (nSPS) is 19.2. The molecule has 0 spiro atoms. The van der Waals surface area contributed by atoms with Crippen LogP contribution in [0.15, 0.2) is 12.4 Å². The molecule has 0 aromatic carbocycles. The fourth-order valence-corrected chi connectivity index (χ4v) is 2.27. The van der Waals surface area contributed by atoms with Crippen LogP contribution < -0.4 is 5.73 Å². The van der Waals surface area contributed by atoms with Crippen molar-refractivity contribution in [2.75, 3.05) is 25.9 Å². The average molecular weight is 266 g/mol. The van der Waals surface area contributed by atoms with E-state index in [1.165, 1.54) is 18.0 Å². The van der Waals surface area contributed by atoms with E-state index in [0.29, 0.717) is 18.8 Å². The van der Waals surface area contributed by atoms with Gasteiger partial charge in [0.05, 0.1) is 24.9 Å². The van der Waals surface area contributed by atoms with E-state index < -0.39 is 0 Å². The molecule has 1 fully saturated rings. The molecule has 0 saturated carbocycles. The Morgan fingerprint density at radius 1 is 1.58 bits per heavy atom. The number of hydrogen-bond acceptors (Lipinski definition) is 5. The molecule has 2 N–H and O–H groups in total. The molecule has 19 heavy (non-hydrogen) atoms. The van der Waals surface area contributed by atoms with Gasteiger partial charge in [0, 0.05) is 19.3 Å². The first kappa shape index (κ1) is 13.4. The summed E-state index contributed by atoms with van der Waals surface area (Å²) in [4.78, 5) is 25.3. The molecule has 104 valence electrons. The van der Waals surface area contributed by atoms with Gasteiger partial charge in [-0.25, -0.2) is 0 Å². The number of hydrogen-bond donors (Lipinski definition) is 1. The predicted octanol–water partition coefficient (Wildman–Crippen LogP) is -0.123. The predicted molar refractivity (Wildman–Crippen MR) is 68.0 cm³/mol. The molecule has 1 saturated heterocycles. The van der Waals surface area contributed by atoms with Crippen LogP contribution in [0.4, 0.5) is 5.69 Å². The lowest BCUT2D eigenvalue weighted by atomic mass is 9.98. The van der Waals surface area contributed by atoms with Crippen molar-refractivity contribution in [3.63, 3.8) is 0 Å². The molecule has 0 radical (unpaired) electrons. The molecule has 2 heterocycles. The summed E-state index contributed by atoms with van der Waals surface area (Å²) >= 11 is 0. The average Bonchev–Trinajstić information content (AvgIpc) is 2.83. The zero-order valence-corrected chi connectivity index (χ0v) is 10.9. The van der Waals surface area contributed by atoms with Gasteiger partial charge in [-0.15, -0.1) is 0 Å². The molecular weight excluding hydrogens is 248 g/mol. The summed E-state index contributed by atoms with van der Waals surface area (Å²) in [5.41, 5.74) is 6.07. The van der Waals surface area contributed by atoms with E-state index in [2.05, 4.69) is 5.10 Å². The Bertz CT molecular complexity index is 471. The molecule has 7 heteroatoms. The van der Waals surface area contributed by atoms with E-state index >= 15 is 0 Å². The molecule has 1 aliphatic heterocycles. The summed E-state index contributed by atoms with van der Waals surface area (Å²) in [6, 6.07) is 0. The summed E-state index contributed by atoms with van der Waals surface area (Å²) in [5.74, 6) is -0.525. The maximum atomic E-state index is 12.1. The van der Waals surface area contributed by atoms with E-state index in [1.807, 2.05) is 0 Å². The third-order valence-corrected chi connectivity index (χ3v) is 3.26. The standard InChI is InChI=1S/C12H18N4O3/c1-19-12(18)9-3-2-4-15(6-9)11(17)8-16-7-10(13)5-14-16/h5,7,9H,2-4,6,8,13H2,1H3. The summed E-state index contributed by atoms with van der Waals surface area (Å²) in [6.45, 7) is 1.23. The van der Waals surface area contributed by atoms with Crippen LogP contribution in [0, 0.1) is 5.92 Å². The quantitative estimate of drug-likeness (QED) is 0.770. The van der Waals surface area contributed by atoms with Crippen LogP contribution in [0.2, 0.25) is 0 Å². The fourth-order valence-electron chi connectivity index (χ4n) is 2.27. The molecule has 1 aromatic heterocycles. The van der Waals surface area contributed by atoms with Crippen molar-refractivity contribution < 1.29 is 14.3 Å². The lowest BCUT2D eigenvalue weighted by Crippen LogP contribution is -2.44. The van der Waals surface area contributed by atoms with E-state index in [9.17, 15) is 9.59 Å². The Morgan fingerprint density at radius 2 is 2.37 bits per heavy atom. The Kier molecular flexibility index (Phi) is 4.03. The van der Waals surface area contributed by atoms with Gasteiger partial charge in [0.25, 0.3) is 0 Å². The van der Waals surface area contributed by atoms with Gasteiger partial charge in [0.1, 0.15) is 6.54 Å². The number of nitrogens with two attached hydrogens (primary N) is 1. The third kappa shape index (κ3) is 3.24. The van der Waals surface area contributed by atoms with Crippen LogP contribution in [0.1, 0.15) is 12.8 Å². The Morgan fingerprint density at radius 3 is 3.00 bits per heavy atom. The number of methoxy groups -OCH3 is 1. The summed E-state index contributed by atoms with van der Waals surface area (Å²) in [6.07, 6.45) is 4.69. The second-order valence-electron chi connectivity index (χ2n) is 4.67. The van der Waals surface area contributed by atoms with Crippen LogP contribution in [-0.2, 0) is 20.9 Å². The van der Waals surface area contributed by atoms with Crippen LogP contribution in [0.3, 0.4) is 0 Å². The number of piperidine rings is 1. The summed E-state index contributed by atoms with van der Waals surface area (Å²) in [7, 11) is 1.37. The number of aromatic nitrogens is 2. The molecule has 2 rings (SSSR count). The lowest BCUT2D eigenvalue weighted by Gasteiger charge is -2.31. The van der Waals surface area contributed by atoms with Crippen molar-refractivity contribution in [3.05, 3.63) is 12.4 Å². The van der Waals surface area contributed by atoms with Gasteiger partial charge in [-0.2, -0.15) is 5.10 Å². The monoisotopic (exact) mass is 266 g/mol. The van der Waals surface area contributed by atoms with Crippen molar-refractivity contribution in [2.24, 2.45) is 5.92 Å². The van der Waals surface area contributed by atoms with Crippen molar-refractivity contribution >= 4 is 17.6 Å². The second kappa shape index (κ2) is 5.73. The Hall–Kier alpha value is -2.05. The van der Waals surface area contributed by atoms with Crippen LogP contribution >= 0.6 is 0 Å². The van der Waals surface area contributed by atoms with Crippen LogP contribution in [0.5, 0.6) is 0 Å². The lowest BCUT2D eigenvalue weighted by molar-refractivity contribution is -0.149. The highest BCUT2D eigenvalue weighted by atomic mass is 16.5. The number of likely N-dealkylation sites (tertiary alicyclic amines) is 1. The van der Waals surface area contributed by atoms with Gasteiger partial charge in [-0.05, 0) is 12.8 Å². The first-order valence-corrected chi connectivity index (χ1v) is 6.23. The maximum absolute atomic E-state index is 12.1. The van der Waals surface area contributed by atoms with Crippen molar-refractivity contribution in [3.8, 4) is 0 Å². The molecule has 7 nitrogen and oxygen atoms in total. The molecule has 1 unspecified atom stereocenters. The first-order chi connectivity index (χ1) is 9.10. The van der Waals surface area contributed by atoms with E-state index in [4.69, 9.17) is 10.5 Å². The van der Waals surface area contributed by atoms with Gasteiger partial charge in [0.2, 0.25) is 5.91 Å². The first-order valence-electron chi connectivity index (χ1n) is 6.23. The van der Waals surface area contributed by atoms with Crippen molar-refractivity contribution in [1.82, 2.24) is 14.7 Å². The zero-order chi connectivity index (χ0) is 13.8. The smallest absolute Gasteiger partial charge is 0.310 e. The Labute approximate surface area is 111 Å². The minimum atomic E-state index is -0.249.